The monoisotopic (exact) mass is 396 g/mol. The van der Waals surface area contributed by atoms with Gasteiger partial charge in [0.15, 0.2) is 9.84 Å². The number of hydrogen-bond acceptors (Lipinski definition) is 3. The van der Waals surface area contributed by atoms with Gasteiger partial charge in [0.05, 0.1) is 6.61 Å². The summed E-state index contributed by atoms with van der Waals surface area (Å²) in [5.74, 6) is 0.956. The molecule has 3 nitrogen and oxygen atoms in total. The van der Waals surface area contributed by atoms with Gasteiger partial charge in [0, 0.05) is 6.26 Å². The number of ether oxygens (including phenoxy) is 1. The summed E-state index contributed by atoms with van der Waals surface area (Å²) >= 11 is 0. The Morgan fingerprint density at radius 2 is 1.70 bits per heavy atom. The minimum absolute atomic E-state index is 0.108. The zero-order valence-electron chi connectivity index (χ0n) is 18.7. The number of sulfone groups is 1. The van der Waals surface area contributed by atoms with E-state index in [-0.39, 0.29) is 10.8 Å². The Hall–Kier alpha value is -1.03. The lowest BCUT2D eigenvalue weighted by Gasteiger charge is -2.33. The third-order valence-corrected chi connectivity index (χ3v) is 6.23. The average molecular weight is 397 g/mol. The molecule has 0 aromatic heterocycles. The van der Waals surface area contributed by atoms with Crippen molar-refractivity contribution in [3.8, 4) is 5.75 Å². The normalized spacial score (nSPS) is 14.2. The van der Waals surface area contributed by atoms with Gasteiger partial charge in [0.2, 0.25) is 0 Å². The Kier molecular flexibility index (Phi) is 8.40. The Labute approximate surface area is 167 Å². The molecule has 0 fully saturated rings. The Balaban J connectivity index is 3.14. The lowest BCUT2D eigenvalue weighted by atomic mass is 9.72. The molecule has 1 atom stereocenters. The van der Waals surface area contributed by atoms with Gasteiger partial charge in [-0.2, -0.15) is 0 Å². The first-order valence-electron chi connectivity index (χ1n) is 10.3. The van der Waals surface area contributed by atoms with Crippen molar-refractivity contribution in [3.63, 3.8) is 0 Å². The molecule has 0 aliphatic carbocycles. The van der Waals surface area contributed by atoms with Crippen molar-refractivity contribution in [1.82, 2.24) is 0 Å². The van der Waals surface area contributed by atoms with Crippen LogP contribution in [0.25, 0.3) is 0 Å². The van der Waals surface area contributed by atoms with Crippen molar-refractivity contribution >= 4 is 9.84 Å². The number of benzene rings is 1. The predicted octanol–water partition coefficient (Wildman–Crippen LogP) is 6.40. The standard InChI is InChI=1S/C23H40O3S/c1-9-11-12-18(10-2)16-26-20-14-13-19(15-21(20)27(8,24)25)23(6,7)17-22(3,4)5/h13-15,18H,9-12,16-17H2,1-8H3. The maximum Gasteiger partial charge on any atom is 0.179 e. The highest BCUT2D eigenvalue weighted by atomic mass is 32.2. The number of rotatable bonds is 10. The number of hydrogen-bond donors (Lipinski definition) is 0. The van der Waals surface area contributed by atoms with E-state index in [0.29, 0.717) is 23.2 Å². The summed E-state index contributed by atoms with van der Waals surface area (Å²) in [6, 6.07) is 5.70. The molecule has 1 aromatic carbocycles. The molecule has 0 saturated carbocycles. The molecule has 0 spiro atoms. The van der Waals surface area contributed by atoms with E-state index in [1.165, 1.54) is 19.1 Å². The van der Waals surface area contributed by atoms with E-state index in [9.17, 15) is 8.42 Å². The average Bonchev–Trinajstić information content (AvgIpc) is 2.51. The smallest absolute Gasteiger partial charge is 0.179 e. The zero-order valence-corrected chi connectivity index (χ0v) is 19.5. The minimum Gasteiger partial charge on any atom is -0.492 e. The lowest BCUT2D eigenvalue weighted by molar-refractivity contribution is 0.228. The van der Waals surface area contributed by atoms with Crippen LogP contribution in [0.15, 0.2) is 23.1 Å². The van der Waals surface area contributed by atoms with E-state index in [2.05, 4.69) is 48.5 Å². The lowest BCUT2D eigenvalue weighted by Crippen LogP contribution is -2.25. The van der Waals surface area contributed by atoms with Gasteiger partial charge in [-0.1, -0.05) is 73.8 Å². The van der Waals surface area contributed by atoms with Gasteiger partial charge in [-0.05, 0) is 47.3 Å². The molecule has 0 radical (unpaired) electrons. The van der Waals surface area contributed by atoms with Crippen LogP contribution in [0.3, 0.4) is 0 Å². The van der Waals surface area contributed by atoms with Crippen molar-refractivity contribution in [2.45, 2.75) is 90.9 Å². The van der Waals surface area contributed by atoms with E-state index >= 15 is 0 Å². The van der Waals surface area contributed by atoms with Crippen LogP contribution in [-0.4, -0.2) is 21.3 Å². The third-order valence-electron chi connectivity index (χ3n) is 5.11. The van der Waals surface area contributed by atoms with Gasteiger partial charge in [0.25, 0.3) is 0 Å². The first-order chi connectivity index (χ1) is 12.3. The molecule has 0 aliphatic heterocycles. The van der Waals surface area contributed by atoms with Crippen molar-refractivity contribution in [2.24, 2.45) is 11.3 Å². The van der Waals surface area contributed by atoms with E-state index in [4.69, 9.17) is 4.74 Å². The number of unbranched alkanes of at least 4 members (excludes halogenated alkanes) is 1. The molecule has 0 amide bonds. The maximum absolute atomic E-state index is 12.4. The van der Waals surface area contributed by atoms with Crippen molar-refractivity contribution < 1.29 is 13.2 Å². The fraction of sp³-hybridized carbons (Fsp3) is 0.739. The summed E-state index contributed by atoms with van der Waals surface area (Å²) in [5.41, 5.74) is 1.10. The Morgan fingerprint density at radius 3 is 2.19 bits per heavy atom. The highest BCUT2D eigenvalue weighted by molar-refractivity contribution is 7.90. The molecule has 0 N–H and O–H groups in total. The fourth-order valence-corrected chi connectivity index (χ4v) is 4.71. The summed E-state index contributed by atoms with van der Waals surface area (Å²) in [7, 11) is -3.36. The summed E-state index contributed by atoms with van der Waals surface area (Å²) in [6.45, 7) is 15.9. The third kappa shape index (κ3) is 7.85. The van der Waals surface area contributed by atoms with Crippen LogP contribution in [0.5, 0.6) is 5.75 Å². The Bertz CT molecular complexity index is 697. The molecule has 1 rings (SSSR count). The first kappa shape index (κ1) is 24.0. The molecular weight excluding hydrogens is 356 g/mol. The fourth-order valence-electron chi connectivity index (χ4n) is 3.87. The largest absolute Gasteiger partial charge is 0.492 e. The topological polar surface area (TPSA) is 43.4 Å². The van der Waals surface area contributed by atoms with E-state index < -0.39 is 9.84 Å². The van der Waals surface area contributed by atoms with Gasteiger partial charge in [0.1, 0.15) is 10.6 Å². The molecule has 156 valence electrons. The quantitative estimate of drug-likeness (QED) is 0.459. The van der Waals surface area contributed by atoms with Crippen LogP contribution in [0.2, 0.25) is 0 Å². The SMILES string of the molecule is CCCCC(CC)COc1ccc(C(C)(C)CC(C)(C)C)cc1S(C)(=O)=O. The molecule has 0 aliphatic rings. The zero-order chi connectivity index (χ0) is 20.9. The van der Waals surface area contributed by atoms with Crippen LogP contribution >= 0.6 is 0 Å². The second-order valence-corrected chi connectivity index (χ2v) is 11.8. The Morgan fingerprint density at radius 1 is 1.07 bits per heavy atom. The molecule has 1 aromatic rings. The van der Waals surface area contributed by atoms with Crippen LogP contribution in [0.1, 0.15) is 86.1 Å². The molecule has 4 heteroatoms. The van der Waals surface area contributed by atoms with Gasteiger partial charge in [-0.25, -0.2) is 8.42 Å². The van der Waals surface area contributed by atoms with Gasteiger partial charge in [-0.15, -0.1) is 0 Å². The van der Waals surface area contributed by atoms with Crippen LogP contribution < -0.4 is 4.74 Å². The van der Waals surface area contributed by atoms with Gasteiger partial charge >= 0.3 is 0 Å². The van der Waals surface area contributed by atoms with Gasteiger partial charge in [-0.3, -0.25) is 0 Å². The molecular formula is C23H40O3S. The highest BCUT2D eigenvalue weighted by Gasteiger charge is 2.29. The maximum atomic E-state index is 12.4. The summed E-state index contributed by atoms with van der Waals surface area (Å²) in [6.07, 6.45) is 6.76. The molecule has 1 unspecified atom stereocenters. The first-order valence-corrected chi connectivity index (χ1v) is 12.2. The van der Waals surface area contributed by atoms with Gasteiger partial charge < -0.3 is 4.74 Å². The summed E-state index contributed by atoms with van der Waals surface area (Å²) in [5, 5.41) is 0. The second-order valence-electron chi connectivity index (χ2n) is 9.78. The van der Waals surface area contributed by atoms with Crippen LogP contribution in [0, 0.1) is 11.3 Å². The predicted molar refractivity (Wildman–Crippen MR) is 115 cm³/mol. The summed E-state index contributed by atoms with van der Waals surface area (Å²) < 4.78 is 30.9. The molecule has 0 bridgehead atoms. The molecule has 0 heterocycles. The summed E-state index contributed by atoms with van der Waals surface area (Å²) in [4.78, 5) is 0.312. The van der Waals surface area contributed by atoms with Crippen molar-refractivity contribution in [1.29, 1.82) is 0 Å². The highest BCUT2D eigenvalue weighted by Crippen LogP contribution is 2.38. The van der Waals surface area contributed by atoms with Crippen molar-refractivity contribution in [2.75, 3.05) is 12.9 Å². The second kappa shape index (κ2) is 9.45. The molecule has 0 saturated heterocycles. The molecule has 27 heavy (non-hydrogen) atoms. The van der Waals surface area contributed by atoms with Crippen LogP contribution in [0.4, 0.5) is 0 Å². The van der Waals surface area contributed by atoms with E-state index in [0.717, 1.165) is 24.8 Å². The minimum atomic E-state index is -3.36. The van der Waals surface area contributed by atoms with E-state index in [1.54, 1.807) is 0 Å². The van der Waals surface area contributed by atoms with Crippen molar-refractivity contribution in [3.05, 3.63) is 23.8 Å². The van der Waals surface area contributed by atoms with E-state index in [1.807, 2.05) is 18.2 Å². The van der Waals surface area contributed by atoms with Crippen LogP contribution in [-0.2, 0) is 15.3 Å².